The van der Waals surface area contributed by atoms with E-state index >= 15 is 0 Å². The van der Waals surface area contributed by atoms with Gasteiger partial charge in [-0.3, -0.25) is 9.59 Å². The van der Waals surface area contributed by atoms with Gasteiger partial charge in [-0.25, -0.2) is 9.50 Å². The molecule has 1 saturated heterocycles. The van der Waals surface area contributed by atoms with Crippen LogP contribution in [0, 0.1) is 0 Å². The maximum Gasteiger partial charge on any atom is 0.274 e. The van der Waals surface area contributed by atoms with E-state index in [-0.39, 0.29) is 18.2 Å². The van der Waals surface area contributed by atoms with Crippen molar-refractivity contribution in [1.82, 2.24) is 23.9 Å². The molecule has 1 fully saturated rings. The largest absolute Gasteiger partial charge is 0.337 e. The highest BCUT2D eigenvalue weighted by molar-refractivity contribution is 5.94. The van der Waals surface area contributed by atoms with Crippen molar-refractivity contribution in [2.45, 2.75) is 25.2 Å². The number of fused-ring (bicyclic) bond motifs is 2. The average Bonchev–Trinajstić information content (AvgIpc) is 3.65. The average molecular weight is 555 g/mol. The minimum atomic E-state index is -0.0801. The van der Waals surface area contributed by atoms with Crippen LogP contribution < -0.4 is 5.32 Å². The summed E-state index contributed by atoms with van der Waals surface area (Å²) in [4.78, 5) is 32.2. The quantitative estimate of drug-likeness (QED) is 0.280. The molecule has 42 heavy (non-hydrogen) atoms. The number of hydrogen-bond acceptors (Lipinski definition) is 4. The number of benzene rings is 2. The van der Waals surface area contributed by atoms with Gasteiger partial charge in [0.25, 0.3) is 5.91 Å². The third kappa shape index (κ3) is 5.14. The number of imidazole rings is 1. The highest BCUT2D eigenvalue weighted by Crippen LogP contribution is 2.30. The summed E-state index contributed by atoms with van der Waals surface area (Å²) in [6, 6.07) is 30.0. The van der Waals surface area contributed by atoms with Crippen molar-refractivity contribution < 1.29 is 9.59 Å². The van der Waals surface area contributed by atoms with Crippen LogP contribution >= 0.6 is 0 Å². The van der Waals surface area contributed by atoms with E-state index in [1.54, 1.807) is 10.7 Å². The number of amides is 2. The number of nitrogens with zero attached hydrogens (tertiary/aromatic N) is 5. The van der Waals surface area contributed by atoms with E-state index in [1.807, 2.05) is 82.4 Å². The zero-order chi connectivity index (χ0) is 28.5. The Bertz CT molecular complexity index is 1880. The van der Waals surface area contributed by atoms with Gasteiger partial charge in [0.2, 0.25) is 5.91 Å². The Morgan fingerprint density at radius 3 is 2.43 bits per heavy atom. The van der Waals surface area contributed by atoms with Crippen LogP contribution in [0.4, 0.5) is 5.69 Å². The molecule has 0 atom stereocenters. The summed E-state index contributed by atoms with van der Waals surface area (Å²) in [7, 11) is 0. The highest BCUT2D eigenvalue weighted by atomic mass is 16.2. The van der Waals surface area contributed by atoms with Crippen LogP contribution in [0.1, 0.15) is 40.5 Å². The van der Waals surface area contributed by atoms with Crippen LogP contribution in [0.15, 0.2) is 110 Å². The summed E-state index contributed by atoms with van der Waals surface area (Å²) in [5, 5.41) is 7.55. The fourth-order valence-electron chi connectivity index (χ4n) is 5.81. The lowest BCUT2D eigenvalue weighted by Crippen LogP contribution is -2.38. The Morgan fingerprint density at radius 1 is 0.833 bits per heavy atom. The Balaban J connectivity index is 0.950. The molecule has 2 amide bonds. The van der Waals surface area contributed by atoms with E-state index in [1.165, 1.54) is 5.56 Å². The second-order valence-corrected chi connectivity index (χ2v) is 10.8. The first kappa shape index (κ1) is 25.7. The fourth-order valence-corrected chi connectivity index (χ4v) is 5.81. The number of likely N-dealkylation sites (tertiary alicyclic amines) is 1. The molecule has 208 valence electrons. The highest BCUT2D eigenvalue weighted by Gasteiger charge is 2.26. The number of carbonyl (C=O) groups is 2. The lowest BCUT2D eigenvalue weighted by molar-refractivity contribution is -0.115. The molecule has 2 aromatic carbocycles. The molecule has 0 spiro atoms. The van der Waals surface area contributed by atoms with Gasteiger partial charge >= 0.3 is 0 Å². The summed E-state index contributed by atoms with van der Waals surface area (Å²) in [6.07, 6.45) is 7.59. The maximum absolute atomic E-state index is 13.3. The summed E-state index contributed by atoms with van der Waals surface area (Å²) < 4.78 is 3.70. The molecular weight excluding hydrogens is 524 g/mol. The van der Waals surface area contributed by atoms with Crippen molar-refractivity contribution in [3.63, 3.8) is 0 Å². The molecule has 8 heteroatoms. The minimum absolute atomic E-state index is 0.0255. The first-order valence-corrected chi connectivity index (χ1v) is 14.3. The summed E-state index contributed by atoms with van der Waals surface area (Å²) in [6.45, 7) is 1.37. The van der Waals surface area contributed by atoms with Gasteiger partial charge in [-0.1, -0.05) is 48.5 Å². The molecule has 7 rings (SSSR count). The van der Waals surface area contributed by atoms with Gasteiger partial charge in [-0.15, -0.1) is 0 Å². The molecule has 6 aromatic rings. The number of anilines is 1. The molecule has 1 N–H and O–H groups in total. The van der Waals surface area contributed by atoms with Crippen LogP contribution in [-0.4, -0.2) is 48.8 Å². The van der Waals surface area contributed by atoms with Crippen molar-refractivity contribution in [3.8, 4) is 11.1 Å². The Morgan fingerprint density at radius 2 is 1.62 bits per heavy atom. The zero-order valence-corrected chi connectivity index (χ0v) is 23.1. The van der Waals surface area contributed by atoms with Crippen molar-refractivity contribution >= 4 is 28.7 Å². The van der Waals surface area contributed by atoms with Gasteiger partial charge < -0.3 is 14.6 Å². The Hall–Kier alpha value is -5.24. The first-order chi connectivity index (χ1) is 20.6. The number of nitrogens with one attached hydrogen (secondary N) is 1. The van der Waals surface area contributed by atoms with Crippen LogP contribution in [0.25, 0.3) is 22.3 Å². The molecule has 0 bridgehead atoms. The monoisotopic (exact) mass is 554 g/mol. The van der Waals surface area contributed by atoms with E-state index in [9.17, 15) is 9.59 Å². The van der Waals surface area contributed by atoms with E-state index in [2.05, 4.69) is 45.7 Å². The van der Waals surface area contributed by atoms with E-state index < -0.39 is 0 Å². The molecule has 5 heterocycles. The van der Waals surface area contributed by atoms with Gasteiger partial charge in [0.15, 0.2) is 5.69 Å². The standard InChI is InChI=1S/C34H30N6O2/c41-33(22-30-23-35-32-8-4-5-16-39(30)32)36-28-11-9-25(10-12-28)26-13-17-38(18-14-26)34(42)31-21-29-20-27(15-19-40(29)37-31)24-6-2-1-3-7-24/h1-12,15-16,19-21,23,26H,13-14,17-18,22H2,(H,36,41). The molecule has 0 aliphatic carbocycles. The smallest absolute Gasteiger partial charge is 0.274 e. The maximum atomic E-state index is 13.3. The molecule has 8 nitrogen and oxygen atoms in total. The van der Waals surface area contributed by atoms with Crippen molar-refractivity contribution in [2.24, 2.45) is 0 Å². The lowest BCUT2D eigenvalue weighted by atomic mass is 9.89. The second kappa shape index (κ2) is 11.0. The first-order valence-electron chi connectivity index (χ1n) is 14.3. The van der Waals surface area contributed by atoms with Gasteiger partial charge in [0.1, 0.15) is 5.65 Å². The van der Waals surface area contributed by atoms with Crippen LogP contribution in [0.5, 0.6) is 0 Å². The molecule has 4 aromatic heterocycles. The molecule has 1 aliphatic heterocycles. The summed E-state index contributed by atoms with van der Waals surface area (Å²) in [5.41, 5.74) is 7.28. The normalized spacial score (nSPS) is 14.0. The van der Waals surface area contributed by atoms with E-state index in [0.29, 0.717) is 24.7 Å². The van der Waals surface area contributed by atoms with Gasteiger partial charge in [-0.2, -0.15) is 5.10 Å². The lowest BCUT2D eigenvalue weighted by Gasteiger charge is -2.31. The third-order valence-electron chi connectivity index (χ3n) is 8.07. The van der Waals surface area contributed by atoms with Crippen LogP contribution in [-0.2, 0) is 11.2 Å². The number of aromatic nitrogens is 4. The van der Waals surface area contributed by atoms with Crippen LogP contribution in [0.2, 0.25) is 0 Å². The van der Waals surface area contributed by atoms with Gasteiger partial charge in [0.05, 0.1) is 17.6 Å². The van der Waals surface area contributed by atoms with E-state index in [0.717, 1.165) is 46.5 Å². The van der Waals surface area contributed by atoms with Gasteiger partial charge in [-0.05, 0) is 77.9 Å². The molecule has 1 aliphatic rings. The minimum Gasteiger partial charge on any atom is -0.337 e. The number of hydrogen-bond donors (Lipinski definition) is 1. The van der Waals surface area contributed by atoms with Crippen molar-refractivity contribution in [2.75, 3.05) is 18.4 Å². The molecule has 0 radical (unpaired) electrons. The topological polar surface area (TPSA) is 84.0 Å². The third-order valence-corrected chi connectivity index (χ3v) is 8.07. The SMILES string of the molecule is O=C(Cc1cnc2ccccn12)Nc1ccc(C2CCN(C(=O)c3cc4cc(-c5ccccc5)ccn4n3)CC2)cc1. The molecular formula is C34H30N6O2. The predicted octanol–water partition coefficient (Wildman–Crippen LogP) is 5.85. The number of pyridine rings is 2. The Kier molecular flexibility index (Phi) is 6.71. The fraction of sp³-hybridized carbons (Fsp3) is 0.176. The molecule has 0 unspecified atom stereocenters. The Labute approximate surface area is 243 Å². The summed E-state index contributed by atoms with van der Waals surface area (Å²) >= 11 is 0. The molecule has 0 saturated carbocycles. The summed E-state index contributed by atoms with van der Waals surface area (Å²) in [5.74, 6) is 0.261. The number of carbonyl (C=O) groups excluding carboxylic acids is 2. The number of piperidine rings is 1. The van der Waals surface area contributed by atoms with Crippen molar-refractivity contribution in [1.29, 1.82) is 0 Å². The van der Waals surface area contributed by atoms with E-state index in [4.69, 9.17) is 0 Å². The van der Waals surface area contributed by atoms with Gasteiger partial charge in [0, 0.05) is 37.4 Å². The second-order valence-electron chi connectivity index (χ2n) is 10.8. The van der Waals surface area contributed by atoms with Crippen molar-refractivity contribution in [3.05, 3.63) is 127 Å². The van der Waals surface area contributed by atoms with Crippen LogP contribution in [0.3, 0.4) is 0 Å². The predicted molar refractivity (Wildman–Crippen MR) is 162 cm³/mol. The zero-order valence-electron chi connectivity index (χ0n) is 23.1. The number of rotatable bonds is 6.